The molecule has 2 N–H and O–H groups in total. The second-order valence-electron chi connectivity index (χ2n) is 4.99. The summed E-state index contributed by atoms with van der Waals surface area (Å²) < 4.78 is 5.55. The van der Waals surface area contributed by atoms with E-state index in [4.69, 9.17) is 10.5 Å². The first-order valence-electron chi connectivity index (χ1n) is 5.84. The Hall–Kier alpha value is -0.0800. The van der Waals surface area contributed by atoms with E-state index in [1.807, 2.05) is 0 Å². The molecule has 2 nitrogen and oxygen atoms in total. The molecule has 0 fully saturated rings. The van der Waals surface area contributed by atoms with Crippen molar-refractivity contribution in [1.82, 2.24) is 0 Å². The number of hydrogen-bond acceptors (Lipinski definition) is 2. The number of rotatable bonds is 8. The van der Waals surface area contributed by atoms with E-state index in [9.17, 15) is 0 Å². The molecular formula is C12H27NO. The van der Waals surface area contributed by atoms with E-state index in [1.54, 1.807) is 0 Å². The van der Waals surface area contributed by atoms with Gasteiger partial charge in [0.05, 0.1) is 0 Å². The van der Waals surface area contributed by atoms with Crippen molar-refractivity contribution >= 4 is 0 Å². The van der Waals surface area contributed by atoms with Crippen molar-refractivity contribution < 1.29 is 4.74 Å². The van der Waals surface area contributed by atoms with Gasteiger partial charge in [0, 0.05) is 13.2 Å². The van der Waals surface area contributed by atoms with Crippen LogP contribution in [0.1, 0.15) is 40.5 Å². The Bertz CT molecular complexity index is 123. The molecule has 0 saturated carbocycles. The van der Waals surface area contributed by atoms with Crippen LogP contribution >= 0.6 is 0 Å². The quantitative estimate of drug-likeness (QED) is 0.613. The predicted molar refractivity (Wildman–Crippen MR) is 62.3 cm³/mol. The first-order chi connectivity index (χ1) is 6.56. The highest BCUT2D eigenvalue weighted by atomic mass is 16.5. The zero-order valence-corrected chi connectivity index (χ0v) is 10.3. The van der Waals surface area contributed by atoms with Crippen LogP contribution in [0.2, 0.25) is 0 Å². The second-order valence-corrected chi connectivity index (χ2v) is 4.99. The molecule has 0 amide bonds. The van der Waals surface area contributed by atoms with E-state index >= 15 is 0 Å². The number of nitrogens with two attached hydrogens (primary N) is 1. The normalized spacial score (nSPS) is 13.9. The topological polar surface area (TPSA) is 35.2 Å². The number of hydrogen-bond donors (Lipinski definition) is 1. The van der Waals surface area contributed by atoms with Crippen LogP contribution in [-0.2, 0) is 4.74 Å². The maximum Gasteiger partial charge on any atom is 0.0488 e. The summed E-state index contributed by atoms with van der Waals surface area (Å²) in [5.74, 6) is 2.02. The lowest BCUT2D eigenvalue weighted by atomic mass is 9.95. The maximum atomic E-state index is 5.71. The maximum absolute atomic E-state index is 5.71. The molecule has 0 aliphatic rings. The highest BCUT2D eigenvalue weighted by molar-refractivity contribution is 4.62. The molecule has 2 heteroatoms. The van der Waals surface area contributed by atoms with Gasteiger partial charge >= 0.3 is 0 Å². The van der Waals surface area contributed by atoms with E-state index in [2.05, 4.69) is 27.7 Å². The van der Waals surface area contributed by atoms with E-state index in [0.717, 1.165) is 32.1 Å². The van der Waals surface area contributed by atoms with Crippen molar-refractivity contribution in [3.05, 3.63) is 0 Å². The molecule has 86 valence electrons. The van der Waals surface area contributed by atoms with Crippen LogP contribution in [0.5, 0.6) is 0 Å². The second kappa shape index (κ2) is 8.25. The van der Waals surface area contributed by atoms with Gasteiger partial charge in [0.2, 0.25) is 0 Å². The molecule has 14 heavy (non-hydrogen) atoms. The lowest BCUT2D eigenvalue weighted by Crippen LogP contribution is -2.18. The Labute approximate surface area is 89.2 Å². The van der Waals surface area contributed by atoms with Crippen molar-refractivity contribution in [2.75, 3.05) is 19.8 Å². The minimum absolute atomic E-state index is 0.636. The number of ether oxygens (including phenoxy) is 1. The SMILES string of the molecule is CC(C)COCCC(CN)CC(C)C. The monoisotopic (exact) mass is 201 g/mol. The van der Waals surface area contributed by atoms with Gasteiger partial charge in [-0.2, -0.15) is 0 Å². The Balaban J connectivity index is 3.43. The molecule has 0 radical (unpaired) electrons. The average molecular weight is 201 g/mol. The van der Waals surface area contributed by atoms with Crippen LogP contribution in [0.3, 0.4) is 0 Å². The average Bonchev–Trinajstić information content (AvgIpc) is 2.09. The Morgan fingerprint density at radius 3 is 2.14 bits per heavy atom. The molecule has 0 heterocycles. The van der Waals surface area contributed by atoms with E-state index in [0.29, 0.717) is 11.8 Å². The van der Waals surface area contributed by atoms with E-state index < -0.39 is 0 Å². The van der Waals surface area contributed by atoms with Crippen molar-refractivity contribution in [1.29, 1.82) is 0 Å². The molecule has 0 rings (SSSR count). The van der Waals surface area contributed by atoms with E-state index in [-0.39, 0.29) is 0 Å². The Kier molecular flexibility index (Phi) is 8.20. The zero-order chi connectivity index (χ0) is 11.0. The third-order valence-electron chi connectivity index (χ3n) is 2.26. The summed E-state index contributed by atoms with van der Waals surface area (Å²) in [6.07, 6.45) is 2.34. The van der Waals surface area contributed by atoms with Gasteiger partial charge in [0.25, 0.3) is 0 Å². The van der Waals surface area contributed by atoms with Gasteiger partial charge in [-0.05, 0) is 37.1 Å². The van der Waals surface area contributed by atoms with Crippen LogP contribution in [0.25, 0.3) is 0 Å². The van der Waals surface area contributed by atoms with Crippen LogP contribution in [0, 0.1) is 17.8 Å². The molecule has 0 aromatic heterocycles. The molecule has 1 unspecified atom stereocenters. The van der Waals surface area contributed by atoms with Crippen molar-refractivity contribution in [2.24, 2.45) is 23.5 Å². The molecule has 0 aliphatic carbocycles. The Morgan fingerprint density at radius 2 is 1.71 bits per heavy atom. The summed E-state index contributed by atoms with van der Waals surface area (Å²) in [7, 11) is 0. The van der Waals surface area contributed by atoms with Gasteiger partial charge in [0.15, 0.2) is 0 Å². The summed E-state index contributed by atoms with van der Waals surface area (Å²) in [5, 5.41) is 0. The molecule has 0 bridgehead atoms. The summed E-state index contributed by atoms with van der Waals surface area (Å²) in [6.45, 7) is 11.4. The molecule has 1 atom stereocenters. The predicted octanol–water partition coefficient (Wildman–Crippen LogP) is 2.67. The fourth-order valence-corrected chi connectivity index (χ4v) is 1.57. The standard InChI is InChI=1S/C12H27NO/c1-10(2)7-12(8-13)5-6-14-9-11(3)4/h10-12H,5-9,13H2,1-4H3. The van der Waals surface area contributed by atoms with Crippen LogP contribution < -0.4 is 5.73 Å². The smallest absolute Gasteiger partial charge is 0.0488 e. The molecule has 0 spiro atoms. The van der Waals surface area contributed by atoms with Gasteiger partial charge < -0.3 is 10.5 Å². The molecule has 0 saturated heterocycles. The van der Waals surface area contributed by atoms with Crippen LogP contribution in [0.4, 0.5) is 0 Å². The fourth-order valence-electron chi connectivity index (χ4n) is 1.57. The zero-order valence-electron chi connectivity index (χ0n) is 10.3. The van der Waals surface area contributed by atoms with Crippen molar-refractivity contribution in [3.8, 4) is 0 Å². The van der Waals surface area contributed by atoms with Crippen LogP contribution in [-0.4, -0.2) is 19.8 Å². The summed E-state index contributed by atoms with van der Waals surface area (Å²) in [5.41, 5.74) is 5.71. The Morgan fingerprint density at radius 1 is 1.07 bits per heavy atom. The largest absolute Gasteiger partial charge is 0.381 e. The summed E-state index contributed by atoms with van der Waals surface area (Å²) in [6, 6.07) is 0. The van der Waals surface area contributed by atoms with Crippen molar-refractivity contribution in [2.45, 2.75) is 40.5 Å². The highest BCUT2D eigenvalue weighted by Gasteiger charge is 2.08. The molecule has 0 aliphatic heterocycles. The van der Waals surface area contributed by atoms with Gasteiger partial charge in [0.1, 0.15) is 0 Å². The molecule has 0 aromatic rings. The van der Waals surface area contributed by atoms with Gasteiger partial charge in [-0.25, -0.2) is 0 Å². The first-order valence-corrected chi connectivity index (χ1v) is 5.84. The van der Waals surface area contributed by atoms with Gasteiger partial charge in [-0.1, -0.05) is 27.7 Å². The van der Waals surface area contributed by atoms with Gasteiger partial charge in [-0.15, -0.1) is 0 Å². The van der Waals surface area contributed by atoms with E-state index in [1.165, 1.54) is 6.42 Å². The van der Waals surface area contributed by atoms with Crippen molar-refractivity contribution in [3.63, 3.8) is 0 Å². The lowest BCUT2D eigenvalue weighted by Gasteiger charge is -2.17. The lowest BCUT2D eigenvalue weighted by molar-refractivity contribution is 0.0962. The summed E-state index contributed by atoms with van der Waals surface area (Å²) in [4.78, 5) is 0. The summed E-state index contributed by atoms with van der Waals surface area (Å²) >= 11 is 0. The fraction of sp³-hybridized carbons (Fsp3) is 1.00. The minimum Gasteiger partial charge on any atom is -0.381 e. The first kappa shape index (κ1) is 13.9. The highest BCUT2D eigenvalue weighted by Crippen LogP contribution is 2.14. The van der Waals surface area contributed by atoms with Crippen LogP contribution in [0.15, 0.2) is 0 Å². The minimum atomic E-state index is 0.636. The molecule has 0 aromatic carbocycles. The molecular weight excluding hydrogens is 174 g/mol. The third-order valence-corrected chi connectivity index (χ3v) is 2.26. The third kappa shape index (κ3) is 8.52. The van der Waals surface area contributed by atoms with Gasteiger partial charge in [-0.3, -0.25) is 0 Å².